The predicted molar refractivity (Wildman–Crippen MR) is 69.1 cm³/mol. The molecule has 0 aromatic carbocycles. The minimum atomic E-state index is -0.274. The molecule has 0 saturated heterocycles. The fourth-order valence-electron chi connectivity index (χ4n) is 2.29. The number of hydrogen-bond donors (Lipinski definition) is 1. The van der Waals surface area contributed by atoms with Gasteiger partial charge in [-0.3, -0.25) is 4.68 Å². The van der Waals surface area contributed by atoms with Crippen molar-refractivity contribution in [3.8, 4) is 0 Å². The molecule has 1 saturated carbocycles. The van der Waals surface area contributed by atoms with Crippen molar-refractivity contribution in [3.63, 3.8) is 0 Å². The lowest BCUT2D eigenvalue weighted by molar-refractivity contribution is 0.154. The molecule has 3 rings (SSSR count). The van der Waals surface area contributed by atoms with E-state index < -0.39 is 0 Å². The molecule has 0 bridgehead atoms. The highest BCUT2D eigenvalue weighted by atomic mass is 16.3. The number of aliphatic hydroxyl groups excluding tert-OH is 1. The Morgan fingerprint density at radius 3 is 2.94 bits per heavy atom. The van der Waals surface area contributed by atoms with Gasteiger partial charge in [0.05, 0.1) is 18.8 Å². The fourth-order valence-corrected chi connectivity index (χ4v) is 2.29. The molecule has 0 spiro atoms. The number of aryl methyl sites for hydroxylation is 1. The van der Waals surface area contributed by atoms with Crippen LogP contribution in [0.1, 0.15) is 37.0 Å². The van der Waals surface area contributed by atoms with Crippen molar-refractivity contribution >= 4 is 0 Å². The van der Waals surface area contributed by atoms with Crippen LogP contribution in [0, 0.1) is 5.92 Å². The summed E-state index contributed by atoms with van der Waals surface area (Å²) in [7, 11) is 0. The molecular formula is C14H19N3O. The highest BCUT2D eigenvalue weighted by molar-refractivity contribution is 5.17. The second kappa shape index (κ2) is 4.61. The number of aromatic nitrogens is 3. The standard InChI is InChI=1S/C14H19N3O/c1-2-17-9-11(7-15-17)8-16-6-5-13(10-16)14(18)12-3-4-12/h5-7,9-10,12,14,18H,2-4,8H2,1H3. The molecule has 0 radical (unpaired) electrons. The molecule has 2 heterocycles. The maximum absolute atomic E-state index is 10.1. The molecule has 1 unspecified atom stereocenters. The van der Waals surface area contributed by atoms with Crippen molar-refractivity contribution in [3.05, 3.63) is 42.0 Å². The molecule has 2 aromatic rings. The van der Waals surface area contributed by atoms with Crippen LogP contribution in [0.15, 0.2) is 30.9 Å². The van der Waals surface area contributed by atoms with Crippen LogP contribution in [0.4, 0.5) is 0 Å². The van der Waals surface area contributed by atoms with Crippen LogP contribution >= 0.6 is 0 Å². The van der Waals surface area contributed by atoms with Crippen LogP contribution in [-0.4, -0.2) is 19.5 Å². The van der Waals surface area contributed by atoms with Gasteiger partial charge in [-0.05, 0) is 37.3 Å². The van der Waals surface area contributed by atoms with Gasteiger partial charge in [-0.15, -0.1) is 0 Å². The molecule has 0 amide bonds. The van der Waals surface area contributed by atoms with Gasteiger partial charge in [-0.25, -0.2) is 0 Å². The van der Waals surface area contributed by atoms with E-state index in [0.29, 0.717) is 5.92 Å². The Bertz CT molecular complexity index is 525. The molecule has 0 aliphatic heterocycles. The molecule has 4 heteroatoms. The Morgan fingerprint density at radius 2 is 2.28 bits per heavy atom. The Morgan fingerprint density at radius 1 is 1.44 bits per heavy atom. The zero-order chi connectivity index (χ0) is 12.5. The van der Waals surface area contributed by atoms with Crippen LogP contribution in [-0.2, 0) is 13.1 Å². The maximum atomic E-state index is 10.1. The summed E-state index contributed by atoms with van der Waals surface area (Å²) in [5.41, 5.74) is 2.24. The van der Waals surface area contributed by atoms with Crippen LogP contribution in [0.2, 0.25) is 0 Å². The molecule has 1 atom stereocenters. The van der Waals surface area contributed by atoms with Gasteiger partial charge in [0.25, 0.3) is 0 Å². The molecule has 4 nitrogen and oxygen atoms in total. The van der Waals surface area contributed by atoms with Gasteiger partial charge >= 0.3 is 0 Å². The first kappa shape index (κ1) is 11.5. The average molecular weight is 245 g/mol. The number of hydrogen-bond acceptors (Lipinski definition) is 2. The monoisotopic (exact) mass is 245 g/mol. The first-order chi connectivity index (χ1) is 8.76. The minimum absolute atomic E-state index is 0.274. The zero-order valence-corrected chi connectivity index (χ0v) is 10.7. The van der Waals surface area contributed by atoms with E-state index in [4.69, 9.17) is 0 Å². The van der Waals surface area contributed by atoms with Crippen molar-refractivity contribution < 1.29 is 5.11 Å². The van der Waals surface area contributed by atoms with E-state index in [9.17, 15) is 5.11 Å². The van der Waals surface area contributed by atoms with Gasteiger partial charge < -0.3 is 9.67 Å². The number of rotatable bonds is 5. The van der Waals surface area contributed by atoms with Crippen LogP contribution in [0.5, 0.6) is 0 Å². The van der Waals surface area contributed by atoms with E-state index >= 15 is 0 Å². The van der Waals surface area contributed by atoms with Gasteiger partial charge in [-0.1, -0.05) is 0 Å². The summed E-state index contributed by atoms with van der Waals surface area (Å²) in [6.45, 7) is 3.80. The smallest absolute Gasteiger partial charge is 0.0832 e. The van der Waals surface area contributed by atoms with Gasteiger partial charge in [0.1, 0.15) is 0 Å². The third kappa shape index (κ3) is 2.34. The van der Waals surface area contributed by atoms with Gasteiger partial charge in [-0.2, -0.15) is 5.10 Å². The van der Waals surface area contributed by atoms with E-state index in [1.165, 1.54) is 5.56 Å². The fraction of sp³-hybridized carbons (Fsp3) is 0.500. The first-order valence-corrected chi connectivity index (χ1v) is 6.61. The summed E-state index contributed by atoms with van der Waals surface area (Å²) in [6, 6.07) is 2.02. The summed E-state index contributed by atoms with van der Waals surface area (Å²) >= 11 is 0. The third-order valence-corrected chi connectivity index (χ3v) is 3.56. The van der Waals surface area contributed by atoms with Crippen molar-refractivity contribution in [2.45, 2.75) is 39.0 Å². The van der Waals surface area contributed by atoms with Crippen molar-refractivity contribution in [1.29, 1.82) is 0 Å². The Kier molecular flexibility index (Phi) is 2.96. The molecule has 1 aliphatic rings. The van der Waals surface area contributed by atoms with Crippen molar-refractivity contribution in [1.82, 2.24) is 14.3 Å². The molecule has 96 valence electrons. The van der Waals surface area contributed by atoms with Crippen LogP contribution < -0.4 is 0 Å². The second-order valence-corrected chi connectivity index (χ2v) is 5.10. The largest absolute Gasteiger partial charge is 0.388 e. The summed E-state index contributed by atoms with van der Waals surface area (Å²) in [6.07, 6.45) is 10.1. The van der Waals surface area contributed by atoms with Crippen molar-refractivity contribution in [2.75, 3.05) is 0 Å². The maximum Gasteiger partial charge on any atom is 0.0832 e. The highest BCUT2D eigenvalue weighted by Gasteiger charge is 2.31. The molecular weight excluding hydrogens is 226 g/mol. The van der Waals surface area contributed by atoms with Gasteiger partial charge in [0, 0.05) is 30.7 Å². The average Bonchev–Trinajstić information content (AvgIpc) is 2.96. The summed E-state index contributed by atoms with van der Waals surface area (Å²) in [5, 5.41) is 14.3. The normalized spacial score (nSPS) is 17.0. The lowest BCUT2D eigenvalue weighted by Crippen LogP contribution is -1.99. The minimum Gasteiger partial charge on any atom is -0.388 e. The number of aliphatic hydroxyl groups is 1. The quantitative estimate of drug-likeness (QED) is 0.877. The SMILES string of the molecule is CCn1cc(Cn2ccc(C(O)C3CC3)c2)cn1. The molecule has 2 aromatic heterocycles. The third-order valence-electron chi connectivity index (χ3n) is 3.56. The summed E-state index contributed by atoms with van der Waals surface area (Å²) < 4.78 is 4.04. The molecule has 1 fully saturated rings. The molecule has 1 N–H and O–H groups in total. The molecule has 1 aliphatic carbocycles. The highest BCUT2D eigenvalue weighted by Crippen LogP contribution is 2.40. The van der Waals surface area contributed by atoms with E-state index in [1.807, 2.05) is 29.3 Å². The second-order valence-electron chi connectivity index (χ2n) is 5.10. The summed E-state index contributed by atoms with van der Waals surface area (Å²) in [4.78, 5) is 0. The Labute approximate surface area is 107 Å². The molecule has 18 heavy (non-hydrogen) atoms. The topological polar surface area (TPSA) is 43.0 Å². The van der Waals surface area contributed by atoms with Gasteiger partial charge in [0.2, 0.25) is 0 Å². The van der Waals surface area contributed by atoms with Crippen LogP contribution in [0.25, 0.3) is 0 Å². The van der Waals surface area contributed by atoms with E-state index in [1.54, 1.807) is 0 Å². The van der Waals surface area contributed by atoms with Crippen molar-refractivity contribution in [2.24, 2.45) is 5.92 Å². The lowest BCUT2D eigenvalue weighted by atomic mass is 10.1. The van der Waals surface area contributed by atoms with Gasteiger partial charge in [0.15, 0.2) is 0 Å². The predicted octanol–water partition coefficient (Wildman–Crippen LogP) is 2.20. The van der Waals surface area contributed by atoms with E-state index in [2.05, 4.69) is 22.8 Å². The number of nitrogens with zero attached hydrogens (tertiary/aromatic N) is 3. The Hall–Kier alpha value is -1.55. The lowest BCUT2D eigenvalue weighted by Gasteiger charge is -2.05. The van der Waals surface area contributed by atoms with E-state index in [0.717, 1.165) is 31.5 Å². The van der Waals surface area contributed by atoms with E-state index in [-0.39, 0.29) is 6.10 Å². The zero-order valence-electron chi connectivity index (χ0n) is 10.7. The van der Waals surface area contributed by atoms with Crippen LogP contribution in [0.3, 0.4) is 0 Å². The first-order valence-electron chi connectivity index (χ1n) is 6.61. The Balaban J connectivity index is 1.69. The summed E-state index contributed by atoms with van der Waals surface area (Å²) in [5.74, 6) is 0.490.